The van der Waals surface area contributed by atoms with E-state index in [0.29, 0.717) is 0 Å². The fourth-order valence-corrected chi connectivity index (χ4v) is 4.42. The van der Waals surface area contributed by atoms with Crippen LogP contribution in [0, 0.1) is 3.57 Å². The van der Waals surface area contributed by atoms with Crippen molar-refractivity contribution in [2.75, 3.05) is 0 Å². The van der Waals surface area contributed by atoms with Crippen molar-refractivity contribution in [1.82, 2.24) is 4.57 Å². The Kier molecular flexibility index (Phi) is 3.61. The molecule has 1 heterocycles. The molecule has 25 heavy (non-hydrogen) atoms. The third-order valence-corrected chi connectivity index (χ3v) is 6.99. The average Bonchev–Trinajstić information content (AvgIpc) is 2.97. The van der Waals surface area contributed by atoms with Crippen LogP contribution in [-0.2, 0) is 0 Å². The Balaban J connectivity index is 1.88. The van der Waals surface area contributed by atoms with E-state index >= 15 is 0 Å². The molecule has 0 saturated carbocycles. The Morgan fingerprint density at radius 1 is 0.680 bits per heavy atom. The summed E-state index contributed by atoms with van der Waals surface area (Å²) in [6, 6.07) is 28.4. The summed E-state index contributed by atoms with van der Waals surface area (Å²) >= 11 is 6.02. The zero-order valence-electron chi connectivity index (χ0n) is 13.2. The van der Waals surface area contributed by atoms with E-state index < -0.39 is 0 Å². The minimum absolute atomic E-state index is 1.14. The molecule has 0 fully saturated rings. The van der Waals surface area contributed by atoms with Gasteiger partial charge in [-0.25, -0.2) is 0 Å². The van der Waals surface area contributed by atoms with Gasteiger partial charge in [-0.3, -0.25) is 0 Å². The van der Waals surface area contributed by atoms with Gasteiger partial charge in [0.25, 0.3) is 0 Å². The monoisotopic (exact) mass is 497 g/mol. The summed E-state index contributed by atoms with van der Waals surface area (Å²) in [5.74, 6) is 0. The van der Waals surface area contributed by atoms with E-state index in [4.69, 9.17) is 0 Å². The second-order valence-corrected chi connectivity index (χ2v) is 8.18. The first-order valence-electron chi connectivity index (χ1n) is 8.10. The Morgan fingerprint density at radius 3 is 2.00 bits per heavy atom. The fourth-order valence-electron chi connectivity index (χ4n) is 3.57. The predicted octanol–water partition coefficient (Wildman–Crippen LogP) is 7.30. The first kappa shape index (κ1) is 15.4. The SMILES string of the molecule is Brc1cc2cc(-n3c4ccccc4c4ccccc43)ccc2cc1I. The van der Waals surface area contributed by atoms with Crippen LogP contribution in [0.4, 0.5) is 0 Å². The molecule has 0 aliphatic rings. The number of nitrogens with zero attached hydrogens (tertiary/aromatic N) is 1. The third-order valence-electron chi connectivity index (χ3n) is 4.70. The van der Waals surface area contributed by atoms with E-state index in [1.165, 1.54) is 41.8 Å². The highest BCUT2D eigenvalue weighted by molar-refractivity contribution is 14.1. The smallest absolute Gasteiger partial charge is 0.0541 e. The number of fused-ring (bicyclic) bond motifs is 4. The third kappa shape index (κ3) is 2.41. The molecule has 3 heteroatoms. The highest BCUT2D eigenvalue weighted by Crippen LogP contribution is 2.33. The highest BCUT2D eigenvalue weighted by Gasteiger charge is 2.11. The lowest BCUT2D eigenvalue weighted by molar-refractivity contribution is 1.19. The molecule has 1 nitrogen and oxygen atoms in total. The molecule has 0 radical (unpaired) electrons. The molecule has 0 bridgehead atoms. The van der Waals surface area contributed by atoms with Crippen LogP contribution in [-0.4, -0.2) is 4.57 Å². The largest absolute Gasteiger partial charge is 0.309 e. The van der Waals surface area contributed by atoms with E-state index in [0.717, 1.165) is 4.47 Å². The molecule has 0 atom stereocenters. The van der Waals surface area contributed by atoms with Crippen molar-refractivity contribution >= 4 is 71.1 Å². The first-order chi connectivity index (χ1) is 12.2. The van der Waals surface area contributed by atoms with E-state index in [1.807, 2.05) is 0 Å². The molecule has 0 spiro atoms. The standard InChI is InChI=1S/C22H13BrIN/c23-19-12-15-11-16(10-9-14(15)13-20(19)24)25-21-7-3-1-5-17(21)18-6-2-4-8-22(18)25/h1-13H. The normalized spacial score (nSPS) is 11.6. The van der Waals surface area contributed by atoms with Crippen LogP contribution >= 0.6 is 38.5 Å². The molecular weight excluding hydrogens is 485 g/mol. The molecule has 4 aromatic carbocycles. The van der Waals surface area contributed by atoms with Gasteiger partial charge in [0.15, 0.2) is 0 Å². The Bertz CT molecular complexity index is 1220. The quantitative estimate of drug-likeness (QED) is 0.214. The van der Waals surface area contributed by atoms with Gasteiger partial charge < -0.3 is 4.57 Å². The Labute approximate surface area is 167 Å². The number of hydrogen-bond donors (Lipinski definition) is 0. The van der Waals surface area contributed by atoms with Crippen molar-refractivity contribution in [2.45, 2.75) is 0 Å². The molecule has 0 aliphatic heterocycles. The number of hydrogen-bond acceptors (Lipinski definition) is 0. The maximum Gasteiger partial charge on any atom is 0.0541 e. The second-order valence-electron chi connectivity index (χ2n) is 6.17. The second kappa shape index (κ2) is 5.85. The Hall–Kier alpha value is -1.85. The molecule has 0 N–H and O–H groups in total. The van der Waals surface area contributed by atoms with Crippen molar-refractivity contribution in [3.05, 3.63) is 86.9 Å². The van der Waals surface area contributed by atoms with Crippen molar-refractivity contribution in [3.63, 3.8) is 0 Å². The Morgan fingerprint density at radius 2 is 1.32 bits per heavy atom. The minimum Gasteiger partial charge on any atom is -0.309 e. The predicted molar refractivity (Wildman–Crippen MR) is 119 cm³/mol. The topological polar surface area (TPSA) is 4.93 Å². The first-order valence-corrected chi connectivity index (χ1v) is 9.97. The number of rotatable bonds is 1. The van der Waals surface area contributed by atoms with Crippen LogP contribution in [0.3, 0.4) is 0 Å². The van der Waals surface area contributed by atoms with Crippen LogP contribution in [0.1, 0.15) is 0 Å². The number of para-hydroxylation sites is 2. The van der Waals surface area contributed by atoms with Crippen LogP contribution in [0.5, 0.6) is 0 Å². The van der Waals surface area contributed by atoms with Gasteiger partial charge in [-0.05, 0) is 85.7 Å². The van der Waals surface area contributed by atoms with Crippen LogP contribution in [0.15, 0.2) is 83.3 Å². The summed E-state index contributed by atoms with van der Waals surface area (Å²) in [7, 11) is 0. The van der Waals surface area contributed by atoms with Crippen molar-refractivity contribution < 1.29 is 0 Å². The van der Waals surface area contributed by atoms with Gasteiger partial charge in [0.1, 0.15) is 0 Å². The maximum absolute atomic E-state index is 3.65. The number of aromatic nitrogens is 1. The van der Waals surface area contributed by atoms with Gasteiger partial charge in [-0.1, -0.05) is 42.5 Å². The van der Waals surface area contributed by atoms with E-state index in [-0.39, 0.29) is 0 Å². The number of halogens is 2. The van der Waals surface area contributed by atoms with Crippen molar-refractivity contribution in [2.24, 2.45) is 0 Å². The molecule has 5 aromatic rings. The van der Waals surface area contributed by atoms with Gasteiger partial charge in [0, 0.05) is 24.5 Å². The van der Waals surface area contributed by atoms with E-state index in [9.17, 15) is 0 Å². The van der Waals surface area contributed by atoms with Gasteiger partial charge in [-0.15, -0.1) is 0 Å². The molecule has 0 aliphatic carbocycles. The summed E-state index contributed by atoms with van der Waals surface area (Å²) in [6.07, 6.45) is 0. The van der Waals surface area contributed by atoms with Gasteiger partial charge in [0.2, 0.25) is 0 Å². The van der Waals surface area contributed by atoms with Crippen molar-refractivity contribution in [3.8, 4) is 5.69 Å². The lowest BCUT2D eigenvalue weighted by Gasteiger charge is -2.10. The van der Waals surface area contributed by atoms with Crippen molar-refractivity contribution in [1.29, 1.82) is 0 Å². The summed E-state index contributed by atoms with van der Waals surface area (Å²) in [4.78, 5) is 0. The minimum atomic E-state index is 1.14. The van der Waals surface area contributed by atoms with Crippen LogP contribution < -0.4 is 0 Å². The van der Waals surface area contributed by atoms with E-state index in [1.54, 1.807) is 0 Å². The van der Waals surface area contributed by atoms with Crippen LogP contribution in [0.2, 0.25) is 0 Å². The van der Waals surface area contributed by atoms with E-state index in [2.05, 4.69) is 122 Å². The number of benzene rings is 4. The van der Waals surface area contributed by atoms with Gasteiger partial charge >= 0.3 is 0 Å². The average molecular weight is 498 g/mol. The molecule has 0 unspecified atom stereocenters. The zero-order valence-corrected chi connectivity index (χ0v) is 17.0. The molecule has 0 amide bonds. The lowest BCUT2D eigenvalue weighted by atomic mass is 10.1. The van der Waals surface area contributed by atoms with Crippen LogP contribution in [0.25, 0.3) is 38.3 Å². The summed E-state index contributed by atoms with van der Waals surface area (Å²) in [5.41, 5.74) is 3.68. The zero-order chi connectivity index (χ0) is 17.0. The molecular formula is C22H13BrIN. The molecule has 0 saturated heterocycles. The summed E-state index contributed by atoms with van der Waals surface area (Å²) in [5, 5.41) is 5.09. The fraction of sp³-hybridized carbons (Fsp3) is 0. The summed E-state index contributed by atoms with van der Waals surface area (Å²) < 4.78 is 4.73. The molecule has 120 valence electrons. The molecule has 1 aromatic heterocycles. The van der Waals surface area contributed by atoms with Gasteiger partial charge in [-0.2, -0.15) is 0 Å². The molecule has 5 rings (SSSR count). The highest BCUT2D eigenvalue weighted by atomic mass is 127. The maximum atomic E-state index is 3.65. The lowest BCUT2D eigenvalue weighted by Crippen LogP contribution is -1.93. The van der Waals surface area contributed by atoms with Gasteiger partial charge in [0.05, 0.1) is 11.0 Å². The summed E-state index contributed by atoms with van der Waals surface area (Å²) in [6.45, 7) is 0.